The molecule has 0 bridgehead atoms. The molecule has 0 saturated carbocycles. The van der Waals surface area contributed by atoms with E-state index < -0.39 is 0 Å². The van der Waals surface area contributed by atoms with Gasteiger partial charge in [-0.15, -0.1) is 11.8 Å². The highest BCUT2D eigenvalue weighted by atomic mass is 32.2. The third-order valence-electron chi connectivity index (χ3n) is 4.59. The molecule has 24 heavy (non-hydrogen) atoms. The lowest BCUT2D eigenvalue weighted by atomic mass is 9.98. The van der Waals surface area contributed by atoms with Crippen LogP contribution in [0.1, 0.15) is 24.7 Å². The third kappa shape index (κ3) is 3.00. The molecule has 126 valence electrons. The number of carbonyl (C=O) groups is 2. The average Bonchev–Trinajstić information content (AvgIpc) is 3.21. The topological polar surface area (TPSA) is 66.7 Å². The first kappa shape index (κ1) is 15.5. The summed E-state index contributed by atoms with van der Waals surface area (Å²) < 4.78 is 5.87. The number of likely N-dealkylation sites (tertiary alicyclic amines) is 1. The van der Waals surface area contributed by atoms with Gasteiger partial charge in [-0.25, -0.2) is 4.98 Å². The van der Waals surface area contributed by atoms with Crippen molar-refractivity contribution in [3.05, 3.63) is 30.2 Å². The molecule has 2 fully saturated rings. The largest absolute Gasteiger partial charge is 0.440 e. The first-order valence-electron chi connectivity index (χ1n) is 8.19. The van der Waals surface area contributed by atoms with Crippen LogP contribution in [0.15, 0.2) is 28.7 Å². The number of benzene rings is 1. The van der Waals surface area contributed by atoms with Crippen LogP contribution in [0.4, 0.5) is 0 Å². The van der Waals surface area contributed by atoms with E-state index in [2.05, 4.69) is 4.98 Å². The standard InChI is InChI=1S/C17H19N3O3S/c21-15(9-20-11-24-10-16(20)22)19-7-3-4-12(8-19)17-18-13-5-1-2-6-14(13)23-17/h1-2,5-6,12H,3-4,7-11H2. The van der Waals surface area contributed by atoms with Crippen LogP contribution < -0.4 is 0 Å². The number of amides is 2. The Hall–Kier alpha value is -2.02. The van der Waals surface area contributed by atoms with Crippen LogP contribution in [-0.4, -0.2) is 57.9 Å². The summed E-state index contributed by atoms with van der Waals surface area (Å²) in [6.07, 6.45) is 1.90. The minimum atomic E-state index is 0.0201. The van der Waals surface area contributed by atoms with Gasteiger partial charge < -0.3 is 14.2 Å². The van der Waals surface area contributed by atoms with Crippen molar-refractivity contribution in [2.45, 2.75) is 18.8 Å². The Morgan fingerprint density at radius 2 is 2.25 bits per heavy atom. The molecule has 4 rings (SSSR count). The fraction of sp³-hybridized carbons (Fsp3) is 0.471. The number of thioether (sulfide) groups is 1. The molecule has 0 spiro atoms. The highest BCUT2D eigenvalue weighted by Gasteiger charge is 2.30. The van der Waals surface area contributed by atoms with Gasteiger partial charge in [0.05, 0.1) is 17.5 Å². The van der Waals surface area contributed by atoms with Gasteiger partial charge in [0.25, 0.3) is 0 Å². The SMILES string of the molecule is O=C1CSCN1CC(=O)N1CCCC(c2nc3ccccc3o2)C1. The molecular formula is C17H19N3O3S. The van der Waals surface area contributed by atoms with Crippen molar-refractivity contribution in [2.75, 3.05) is 31.3 Å². The van der Waals surface area contributed by atoms with Crippen molar-refractivity contribution in [3.63, 3.8) is 0 Å². The Kier molecular flexibility index (Phi) is 4.18. The van der Waals surface area contributed by atoms with Gasteiger partial charge in [-0.05, 0) is 25.0 Å². The van der Waals surface area contributed by atoms with E-state index in [4.69, 9.17) is 4.42 Å². The summed E-state index contributed by atoms with van der Waals surface area (Å²) in [6, 6.07) is 7.72. The Balaban J connectivity index is 1.45. The molecule has 1 unspecified atom stereocenters. The molecule has 1 aromatic heterocycles. The second-order valence-corrected chi connectivity index (χ2v) is 7.22. The van der Waals surface area contributed by atoms with E-state index in [1.165, 1.54) is 0 Å². The molecule has 2 saturated heterocycles. The molecule has 0 radical (unpaired) electrons. The van der Waals surface area contributed by atoms with E-state index in [1.807, 2.05) is 29.2 Å². The molecule has 2 aliphatic rings. The summed E-state index contributed by atoms with van der Waals surface area (Å²) in [4.78, 5) is 32.3. The van der Waals surface area contributed by atoms with Crippen LogP contribution in [0.3, 0.4) is 0 Å². The Labute approximate surface area is 144 Å². The van der Waals surface area contributed by atoms with Crippen LogP contribution >= 0.6 is 11.8 Å². The minimum Gasteiger partial charge on any atom is -0.440 e. The second kappa shape index (κ2) is 6.47. The molecule has 2 aliphatic heterocycles. The number of oxazole rings is 1. The number of hydrogen-bond donors (Lipinski definition) is 0. The van der Waals surface area contributed by atoms with E-state index in [9.17, 15) is 9.59 Å². The van der Waals surface area contributed by atoms with Crippen molar-refractivity contribution in [3.8, 4) is 0 Å². The first-order chi connectivity index (χ1) is 11.7. The van der Waals surface area contributed by atoms with Gasteiger partial charge in [-0.3, -0.25) is 9.59 Å². The van der Waals surface area contributed by atoms with Crippen LogP contribution in [-0.2, 0) is 9.59 Å². The maximum Gasteiger partial charge on any atom is 0.242 e. The summed E-state index contributed by atoms with van der Waals surface area (Å²) in [5.74, 6) is 2.01. The van der Waals surface area contributed by atoms with Gasteiger partial charge in [0.1, 0.15) is 12.1 Å². The molecule has 1 atom stereocenters. The summed E-state index contributed by atoms with van der Waals surface area (Å²) in [5.41, 5.74) is 1.64. The zero-order valence-corrected chi connectivity index (χ0v) is 14.1. The van der Waals surface area contributed by atoms with Crippen LogP contribution in [0.2, 0.25) is 0 Å². The van der Waals surface area contributed by atoms with E-state index >= 15 is 0 Å². The normalized spacial score (nSPS) is 21.7. The van der Waals surface area contributed by atoms with Crippen molar-refractivity contribution in [1.29, 1.82) is 0 Å². The molecular weight excluding hydrogens is 326 g/mol. The Morgan fingerprint density at radius 1 is 1.38 bits per heavy atom. The zero-order valence-electron chi connectivity index (χ0n) is 13.3. The van der Waals surface area contributed by atoms with Gasteiger partial charge in [-0.1, -0.05) is 12.1 Å². The smallest absolute Gasteiger partial charge is 0.242 e. The number of fused-ring (bicyclic) bond motifs is 1. The number of para-hydroxylation sites is 2. The number of aromatic nitrogens is 1. The number of nitrogens with zero attached hydrogens (tertiary/aromatic N) is 3. The Morgan fingerprint density at radius 3 is 3.04 bits per heavy atom. The van der Waals surface area contributed by atoms with Gasteiger partial charge in [-0.2, -0.15) is 0 Å². The zero-order chi connectivity index (χ0) is 16.5. The van der Waals surface area contributed by atoms with Gasteiger partial charge in [0.2, 0.25) is 11.8 Å². The summed E-state index contributed by atoms with van der Waals surface area (Å²) >= 11 is 1.56. The van der Waals surface area contributed by atoms with Crippen LogP contribution in [0, 0.1) is 0 Å². The van der Waals surface area contributed by atoms with E-state index in [-0.39, 0.29) is 24.3 Å². The predicted molar refractivity (Wildman–Crippen MR) is 91.6 cm³/mol. The maximum absolute atomic E-state index is 12.5. The third-order valence-corrected chi connectivity index (χ3v) is 5.53. The average molecular weight is 345 g/mol. The summed E-state index contributed by atoms with van der Waals surface area (Å²) in [5, 5.41) is 0. The lowest BCUT2D eigenvalue weighted by Crippen LogP contribution is -2.45. The van der Waals surface area contributed by atoms with Crippen molar-refractivity contribution < 1.29 is 14.0 Å². The Bertz CT molecular complexity index is 742. The van der Waals surface area contributed by atoms with Crippen molar-refractivity contribution in [1.82, 2.24) is 14.8 Å². The predicted octanol–water partition coefficient (Wildman–Crippen LogP) is 2.07. The van der Waals surface area contributed by atoms with Gasteiger partial charge in [0, 0.05) is 13.1 Å². The van der Waals surface area contributed by atoms with E-state index in [1.54, 1.807) is 16.7 Å². The molecule has 1 aromatic carbocycles. The minimum absolute atomic E-state index is 0.0201. The maximum atomic E-state index is 12.5. The van der Waals surface area contributed by atoms with Gasteiger partial charge in [0.15, 0.2) is 11.5 Å². The highest BCUT2D eigenvalue weighted by Crippen LogP contribution is 2.29. The lowest BCUT2D eigenvalue weighted by Gasteiger charge is -2.32. The molecule has 2 amide bonds. The van der Waals surface area contributed by atoms with Gasteiger partial charge >= 0.3 is 0 Å². The number of hydrogen-bond acceptors (Lipinski definition) is 5. The molecule has 0 N–H and O–H groups in total. The fourth-order valence-electron chi connectivity index (χ4n) is 3.27. The quantitative estimate of drug-likeness (QED) is 0.852. The molecule has 6 nitrogen and oxygen atoms in total. The van der Waals surface area contributed by atoms with E-state index in [0.717, 1.165) is 30.5 Å². The first-order valence-corrected chi connectivity index (χ1v) is 9.35. The highest BCUT2D eigenvalue weighted by molar-refractivity contribution is 8.00. The lowest BCUT2D eigenvalue weighted by molar-refractivity contribution is -0.138. The van der Waals surface area contributed by atoms with Crippen LogP contribution in [0.25, 0.3) is 11.1 Å². The fourth-order valence-corrected chi connectivity index (χ4v) is 4.18. The summed E-state index contributed by atoms with van der Waals surface area (Å²) in [6.45, 7) is 1.54. The number of rotatable bonds is 3. The van der Waals surface area contributed by atoms with Crippen molar-refractivity contribution >= 4 is 34.7 Å². The second-order valence-electron chi connectivity index (χ2n) is 6.27. The monoisotopic (exact) mass is 345 g/mol. The molecule has 7 heteroatoms. The van der Waals surface area contributed by atoms with Crippen LogP contribution in [0.5, 0.6) is 0 Å². The summed E-state index contributed by atoms with van der Waals surface area (Å²) in [7, 11) is 0. The number of carbonyl (C=O) groups excluding carboxylic acids is 2. The number of piperidine rings is 1. The molecule has 0 aliphatic carbocycles. The van der Waals surface area contributed by atoms with Crippen molar-refractivity contribution in [2.24, 2.45) is 0 Å². The molecule has 2 aromatic rings. The molecule has 3 heterocycles. The van der Waals surface area contributed by atoms with E-state index in [0.29, 0.717) is 24.1 Å².